The minimum Gasteiger partial charge on any atom is -0.361 e. The van der Waals surface area contributed by atoms with Gasteiger partial charge in [0.15, 0.2) is 0 Å². The molecule has 2 aliphatic rings. The lowest BCUT2D eigenvalue weighted by molar-refractivity contribution is -0.148. The van der Waals surface area contributed by atoms with Gasteiger partial charge in [-0.2, -0.15) is 0 Å². The number of rotatable bonds is 1. The van der Waals surface area contributed by atoms with E-state index < -0.39 is 11.8 Å². The van der Waals surface area contributed by atoms with Crippen molar-refractivity contribution >= 4 is 11.8 Å². The van der Waals surface area contributed by atoms with Crippen LogP contribution in [0.5, 0.6) is 0 Å². The molecule has 0 bridgehead atoms. The molecule has 4 nitrogen and oxygen atoms in total. The van der Waals surface area contributed by atoms with Crippen molar-refractivity contribution in [2.75, 3.05) is 6.54 Å². The first-order valence-electron chi connectivity index (χ1n) is 6.70. The summed E-state index contributed by atoms with van der Waals surface area (Å²) in [6.45, 7) is 2.83. The third-order valence-electron chi connectivity index (χ3n) is 4.28. The minimum absolute atomic E-state index is 0.258. The lowest BCUT2D eigenvalue weighted by Crippen LogP contribution is -2.53. The molecule has 0 aromatic rings. The van der Waals surface area contributed by atoms with E-state index in [0.29, 0.717) is 18.4 Å². The van der Waals surface area contributed by atoms with Gasteiger partial charge < -0.3 is 10.6 Å². The fraction of sp³-hybridized carbons (Fsp3) is 0.846. The molecule has 2 amide bonds. The van der Waals surface area contributed by atoms with Gasteiger partial charge >= 0.3 is 11.8 Å². The third kappa shape index (κ3) is 2.61. The fourth-order valence-electron chi connectivity index (χ4n) is 3.38. The zero-order valence-corrected chi connectivity index (χ0v) is 10.5. The first-order valence-corrected chi connectivity index (χ1v) is 6.70. The monoisotopic (exact) mass is 238 g/mol. The van der Waals surface area contributed by atoms with E-state index in [1.807, 2.05) is 0 Å². The van der Waals surface area contributed by atoms with E-state index in [0.717, 1.165) is 12.8 Å². The molecule has 0 radical (unpaired) electrons. The van der Waals surface area contributed by atoms with Crippen LogP contribution in [0, 0.1) is 11.8 Å². The number of piperidine rings is 1. The Morgan fingerprint density at radius 3 is 2.35 bits per heavy atom. The molecule has 1 saturated heterocycles. The second kappa shape index (κ2) is 5.07. The standard InChI is InChI=1S/C13H22N2O2/c1-9-6-7-11(10-4-2-3-5-10)15(8-9)13(17)12(14)16/h9-11H,2-8H2,1H3,(H2,14,16). The highest BCUT2D eigenvalue weighted by Crippen LogP contribution is 2.35. The summed E-state index contributed by atoms with van der Waals surface area (Å²) in [6, 6.07) is 0.258. The summed E-state index contributed by atoms with van der Waals surface area (Å²) in [6.07, 6.45) is 7.10. The number of hydrogen-bond donors (Lipinski definition) is 1. The highest BCUT2D eigenvalue weighted by molar-refractivity contribution is 6.34. The molecule has 1 aliphatic heterocycles. The lowest BCUT2D eigenvalue weighted by atomic mass is 9.85. The van der Waals surface area contributed by atoms with Crippen LogP contribution < -0.4 is 5.73 Å². The van der Waals surface area contributed by atoms with Crippen molar-refractivity contribution in [3.8, 4) is 0 Å². The van der Waals surface area contributed by atoms with Crippen molar-refractivity contribution in [3.05, 3.63) is 0 Å². The number of hydrogen-bond acceptors (Lipinski definition) is 2. The van der Waals surface area contributed by atoms with Crippen molar-refractivity contribution in [2.24, 2.45) is 17.6 Å². The molecule has 1 aliphatic carbocycles. The Labute approximate surface area is 103 Å². The van der Waals surface area contributed by atoms with E-state index in [9.17, 15) is 9.59 Å². The van der Waals surface area contributed by atoms with E-state index in [1.165, 1.54) is 25.7 Å². The number of primary amides is 1. The van der Waals surface area contributed by atoms with Crippen LogP contribution >= 0.6 is 0 Å². The number of nitrogens with zero attached hydrogens (tertiary/aromatic N) is 1. The molecule has 1 saturated carbocycles. The number of likely N-dealkylation sites (tertiary alicyclic amines) is 1. The van der Waals surface area contributed by atoms with Crippen molar-refractivity contribution in [2.45, 2.75) is 51.5 Å². The first-order chi connectivity index (χ1) is 8.09. The average Bonchev–Trinajstić information content (AvgIpc) is 2.81. The van der Waals surface area contributed by atoms with Crippen molar-refractivity contribution < 1.29 is 9.59 Å². The summed E-state index contributed by atoms with van der Waals surface area (Å²) < 4.78 is 0. The molecule has 2 atom stereocenters. The van der Waals surface area contributed by atoms with Gasteiger partial charge in [-0.15, -0.1) is 0 Å². The second-order valence-electron chi connectivity index (χ2n) is 5.62. The average molecular weight is 238 g/mol. The maximum atomic E-state index is 11.9. The van der Waals surface area contributed by atoms with E-state index in [1.54, 1.807) is 4.90 Å². The normalized spacial score (nSPS) is 30.5. The Bertz CT molecular complexity index is 311. The molecule has 0 aromatic carbocycles. The van der Waals surface area contributed by atoms with Gasteiger partial charge in [0.05, 0.1) is 0 Å². The summed E-state index contributed by atoms with van der Waals surface area (Å²) in [5.74, 6) is -0.211. The fourth-order valence-corrected chi connectivity index (χ4v) is 3.38. The van der Waals surface area contributed by atoms with Crippen LogP contribution in [0.1, 0.15) is 45.4 Å². The van der Waals surface area contributed by atoms with Gasteiger partial charge in [-0.3, -0.25) is 9.59 Å². The van der Waals surface area contributed by atoms with Gasteiger partial charge in [0, 0.05) is 12.6 Å². The van der Waals surface area contributed by atoms with Crippen LogP contribution in [-0.2, 0) is 9.59 Å². The zero-order chi connectivity index (χ0) is 12.4. The second-order valence-corrected chi connectivity index (χ2v) is 5.62. The molecule has 2 rings (SSSR count). The molecular weight excluding hydrogens is 216 g/mol. The van der Waals surface area contributed by atoms with Crippen LogP contribution in [0.25, 0.3) is 0 Å². The first kappa shape index (κ1) is 12.4. The van der Waals surface area contributed by atoms with E-state index >= 15 is 0 Å². The lowest BCUT2D eigenvalue weighted by Gasteiger charge is -2.41. The molecule has 2 N–H and O–H groups in total. The smallest absolute Gasteiger partial charge is 0.311 e. The zero-order valence-electron chi connectivity index (χ0n) is 10.5. The summed E-state index contributed by atoms with van der Waals surface area (Å²) in [7, 11) is 0. The molecule has 2 fully saturated rings. The molecule has 2 unspecified atom stereocenters. The Morgan fingerprint density at radius 2 is 1.76 bits per heavy atom. The van der Waals surface area contributed by atoms with Crippen LogP contribution in [-0.4, -0.2) is 29.3 Å². The third-order valence-corrected chi connectivity index (χ3v) is 4.28. The van der Waals surface area contributed by atoms with Gasteiger partial charge in [-0.25, -0.2) is 0 Å². The minimum atomic E-state index is -0.804. The van der Waals surface area contributed by atoms with E-state index in [-0.39, 0.29) is 6.04 Å². The van der Waals surface area contributed by atoms with Crippen LogP contribution in [0.3, 0.4) is 0 Å². The van der Waals surface area contributed by atoms with Crippen LogP contribution in [0.15, 0.2) is 0 Å². The molecule has 96 valence electrons. The summed E-state index contributed by atoms with van der Waals surface area (Å²) in [5, 5.41) is 0. The summed E-state index contributed by atoms with van der Waals surface area (Å²) in [5.41, 5.74) is 5.14. The Balaban J connectivity index is 2.10. The quantitative estimate of drug-likeness (QED) is 0.700. The number of nitrogens with two attached hydrogens (primary N) is 1. The van der Waals surface area contributed by atoms with Gasteiger partial charge in [0.2, 0.25) is 0 Å². The SMILES string of the molecule is CC1CCC(C2CCCC2)N(C(=O)C(N)=O)C1. The van der Waals surface area contributed by atoms with Crippen molar-refractivity contribution in [1.82, 2.24) is 4.90 Å². The summed E-state index contributed by atoms with van der Waals surface area (Å²) in [4.78, 5) is 24.7. The Morgan fingerprint density at radius 1 is 1.12 bits per heavy atom. The highest BCUT2D eigenvalue weighted by Gasteiger charge is 2.37. The van der Waals surface area contributed by atoms with Crippen molar-refractivity contribution in [3.63, 3.8) is 0 Å². The molecule has 0 spiro atoms. The Kier molecular flexibility index (Phi) is 3.69. The van der Waals surface area contributed by atoms with Crippen LogP contribution in [0.2, 0.25) is 0 Å². The van der Waals surface area contributed by atoms with E-state index in [2.05, 4.69) is 6.92 Å². The molecular formula is C13H22N2O2. The predicted octanol–water partition coefficient (Wildman–Crippen LogP) is 1.29. The largest absolute Gasteiger partial charge is 0.361 e. The Hall–Kier alpha value is -1.06. The van der Waals surface area contributed by atoms with Gasteiger partial charge in [-0.1, -0.05) is 19.8 Å². The maximum absolute atomic E-state index is 11.9. The number of carbonyl (C=O) groups is 2. The maximum Gasteiger partial charge on any atom is 0.311 e. The number of amides is 2. The van der Waals surface area contributed by atoms with Gasteiger partial charge in [0.25, 0.3) is 0 Å². The molecule has 1 heterocycles. The molecule has 17 heavy (non-hydrogen) atoms. The summed E-state index contributed by atoms with van der Waals surface area (Å²) >= 11 is 0. The number of carbonyl (C=O) groups excluding carboxylic acids is 2. The predicted molar refractivity (Wildman–Crippen MR) is 65.1 cm³/mol. The van der Waals surface area contributed by atoms with Gasteiger partial charge in [0.1, 0.15) is 0 Å². The highest BCUT2D eigenvalue weighted by atomic mass is 16.2. The van der Waals surface area contributed by atoms with Crippen molar-refractivity contribution in [1.29, 1.82) is 0 Å². The topological polar surface area (TPSA) is 63.4 Å². The van der Waals surface area contributed by atoms with E-state index in [4.69, 9.17) is 5.73 Å². The van der Waals surface area contributed by atoms with Crippen LogP contribution in [0.4, 0.5) is 0 Å². The molecule has 4 heteroatoms. The molecule has 0 aromatic heterocycles. The van der Waals surface area contributed by atoms with Gasteiger partial charge in [-0.05, 0) is 37.5 Å².